The van der Waals surface area contributed by atoms with Gasteiger partial charge in [-0.15, -0.1) is 10.2 Å². The van der Waals surface area contributed by atoms with Gasteiger partial charge in [0, 0.05) is 61.5 Å². The van der Waals surface area contributed by atoms with E-state index in [1.807, 2.05) is 48.5 Å². The summed E-state index contributed by atoms with van der Waals surface area (Å²) < 4.78 is 11.5. The molecule has 3 aliphatic heterocycles. The first-order valence-electron chi connectivity index (χ1n) is 30.4. The number of hydrogen-bond donors (Lipinski definition) is 14. The fourth-order valence-corrected chi connectivity index (χ4v) is 11.9. The van der Waals surface area contributed by atoms with Gasteiger partial charge in [0.05, 0.1) is 49.8 Å². The molecule has 1 aromatic heterocycles. The second-order valence-electron chi connectivity index (χ2n) is 23.2. The lowest BCUT2D eigenvalue weighted by Gasteiger charge is -2.34. The standard InChI is InChI=1S/C63H81N11O16S/c1-4-5-24-89-43-18-16-37(17-19-43)36-8-12-39(13-9-36)60-71-72-61(91-60)40-14-10-38(11-15-40)55(82)67-44-28-41(76)30-66-59(86)53-54(81)33(2)31-74(53)63(88)52(47(79)21-23-65)70-58(85)51(48(80)26-35-7-20-46(78)49(27-35)90-25-6-22-64)69-57(84)45-29-42(77)32-73(45)62(87)50(34(3)75)68-56(44)83/h7-20,27,33-34,41-42,44-45,47-48,50-54,75-81H,4-6,21-26,28-32,64-65H2,1-3H3,(H,66,86)(H,67,82)(H,68,83)(H,69,84)(H,70,85)/t33-,34+,41+,42+,44-,45-,47+,48+,50-,51-,52-,53-,54-/m0/s1. The van der Waals surface area contributed by atoms with Gasteiger partial charge in [0.25, 0.3) is 5.91 Å². The van der Waals surface area contributed by atoms with Crippen molar-refractivity contribution in [3.63, 3.8) is 0 Å². The molecule has 4 aromatic carbocycles. The van der Waals surface area contributed by atoms with Crippen LogP contribution in [-0.4, -0.2) is 216 Å². The number of nitrogens with one attached hydrogen (secondary N) is 5. The zero-order valence-electron chi connectivity index (χ0n) is 50.7. The summed E-state index contributed by atoms with van der Waals surface area (Å²) in [6, 6.07) is 15.0. The van der Waals surface area contributed by atoms with Crippen LogP contribution in [0, 0.1) is 5.92 Å². The molecule has 0 saturated carbocycles. The number of rotatable bonds is 20. The molecule has 8 rings (SSSR count). The molecule has 7 amide bonds. The van der Waals surface area contributed by atoms with Crippen LogP contribution in [0.2, 0.25) is 0 Å². The Morgan fingerprint density at radius 2 is 1.30 bits per heavy atom. The lowest BCUT2D eigenvalue weighted by atomic mass is 9.98. The number of benzene rings is 4. The number of ether oxygens (including phenoxy) is 2. The van der Waals surface area contributed by atoms with Crippen molar-refractivity contribution in [2.24, 2.45) is 17.4 Å². The molecule has 0 spiro atoms. The summed E-state index contributed by atoms with van der Waals surface area (Å²) in [6.07, 6.45) is -9.42. The predicted octanol–water partition coefficient (Wildman–Crippen LogP) is -0.551. The van der Waals surface area contributed by atoms with Gasteiger partial charge in [0.15, 0.2) is 11.5 Å². The molecule has 3 saturated heterocycles. The summed E-state index contributed by atoms with van der Waals surface area (Å²) in [7, 11) is 0. The van der Waals surface area contributed by atoms with Crippen LogP contribution in [-0.2, 0) is 35.2 Å². The van der Waals surface area contributed by atoms with Crippen molar-refractivity contribution < 1.29 is 78.8 Å². The number of aliphatic hydroxyl groups is 6. The number of phenols is 1. The van der Waals surface area contributed by atoms with Crippen LogP contribution in [0.25, 0.3) is 32.3 Å². The molecular formula is C63H81N11O16S. The number of aromatic hydroxyl groups is 1. The van der Waals surface area contributed by atoms with Gasteiger partial charge in [0.2, 0.25) is 35.4 Å². The van der Waals surface area contributed by atoms with Gasteiger partial charge in [-0.3, -0.25) is 33.6 Å². The SMILES string of the molecule is CCCCOc1ccc(-c2ccc(-c3nnc(-c4ccc(C(=O)N[C@H]5C[C@@H](O)CNC(=O)[C@@H]6[C@@H](O)[C@@H](C)CN6C(=O)[C@H]([C@H](O)CCN)NC(=O)[C@H]([C@H](O)Cc6ccc(O)c(OCCCN)c6)NC(=O)[C@@H]6C[C@@H](O)CN6C(=O)[C@H]([C@@H](C)O)NC5=O)cc4)s3)cc2)cc1. The summed E-state index contributed by atoms with van der Waals surface area (Å²) >= 11 is 1.31. The summed E-state index contributed by atoms with van der Waals surface area (Å²) in [4.78, 5) is 103. The van der Waals surface area contributed by atoms with E-state index in [0.717, 1.165) is 52.0 Å². The Kier molecular flexibility index (Phi) is 23.9. The van der Waals surface area contributed by atoms with Crippen LogP contribution in [0.15, 0.2) is 91.0 Å². The van der Waals surface area contributed by atoms with Crippen LogP contribution in [0.4, 0.5) is 0 Å². The first-order valence-corrected chi connectivity index (χ1v) is 31.2. The normalized spacial score (nSPS) is 24.8. The van der Waals surface area contributed by atoms with Crippen molar-refractivity contribution in [3.8, 4) is 49.5 Å². The second kappa shape index (κ2) is 31.7. The Bertz CT molecular complexity index is 3320. The number of β-amino-alcohol motifs (C(OH)–C–C–N with tert-alkyl or cyclic N) is 1. The van der Waals surface area contributed by atoms with E-state index in [9.17, 15) is 69.3 Å². The molecule has 91 heavy (non-hydrogen) atoms. The van der Waals surface area contributed by atoms with Gasteiger partial charge in [-0.25, -0.2) is 0 Å². The molecule has 3 fully saturated rings. The number of phenolic OH excluding ortho intramolecular Hbond substituents is 1. The number of carbonyl (C=O) groups is 7. The minimum absolute atomic E-state index is 0.00279. The van der Waals surface area contributed by atoms with Gasteiger partial charge in [0.1, 0.15) is 52.0 Å². The van der Waals surface area contributed by atoms with Gasteiger partial charge >= 0.3 is 0 Å². The molecule has 3 aliphatic rings. The molecular weight excluding hydrogens is 1200 g/mol. The summed E-state index contributed by atoms with van der Waals surface area (Å²) in [5.74, 6) is -7.80. The number of nitrogens with zero attached hydrogens (tertiary/aromatic N) is 4. The van der Waals surface area contributed by atoms with Crippen molar-refractivity contribution in [2.75, 3.05) is 45.9 Å². The highest BCUT2D eigenvalue weighted by molar-refractivity contribution is 7.17. The van der Waals surface area contributed by atoms with E-state index in [1.165, 1.54) is 48.6 Å². The third kappa shape index (κ3) is 17.2. The maximum Gasteiger partial charge on any atom is 0.251 e. The minimum atomic E-state index is -2.04. The Labute approximate surface area is 529 Å². The van der Waals surface area contributed by atoms with E-state index < -0.39 is 152 Å². The smallest absolute Gasteiger partial charge is 0.251 e. The maximum atomic E-state index is 14.7. The van der Waals surface area contributed by atoms with E-state index in [1.54, 1.807) is 12.1 Å². The molecule has 4 heterocycles. The molecule has 13 atom stereocenters. The number of nitrogens with two attached hydrogens (primary N) is 2. The monoisotopic (exact) mass is 1280 g/mol. The molecule has 0 bridgehead atoms. The quantitative estimate of drug-likeness (QED) is 0.0435. The number of unbranched alkanes of at least 4 members (excludes halogenated alkanes) is 1. The molecule has 16 N–H and O–H groups in total. The molecule has 490 valence electrons. The largest absolute Gasteiger partial charge is 0.504 e. The highest BCUT2D eigenvalue weighted by Crippen LogP contribution is 2.33. The molecule has 5 aromatic rings. The topological polar surface area (TPSA) is 424 Å². The highest BCUT2D eigenvalue weighted by atomic mass is 32.1. The maximum absolute atomic E-state index is 14.7. The predicted molar refractivity (Wildman–Crippen MR) is 332 cm³/mol. The summed E-state index contributed by atoms with van der Waals surface area (Å²) in [5.41, 5.74) is 15.2. The van der Waals surface area contributed by atoms with Gasteiger partial charge in [-0.05, 0) is 92.4 Å². The van der Waals surface area contributed by atoms with Gasteiger partial charge in [-0.1, -0.05) is 86.2 Å². The number of aliphatic hydroxyl groups excluding tert-OH is 6. The van der Waals surface area contributed by atoms with E-state index in [2.05, 4.69) is 43.7 Å². The van der Waals surface area contributed by atoms with Crippen LogP contribution in [0.5, 0.6) is 17.2 Å². The molecule has 0 aliphatic carbocycles. The van der Waals surface area contributed by atoms with Crippen LogP contribution >= 0.6 is 11.3 Å². The Morgan fingerprint density at radius 1 is 0.692 bits per heavy atom. The average Bonchev–Trinajstić information content (AvgIpc) is 1.72. The van der Waals surface area contributed by atoms with E-state index in [-0.39, 0.29) is 55.3 Å². The number of hydrogen-bond acceptors (Lipinski definition) is 21. The van der Waals surface area contributed by atoms with Crippen molar-refractivity contribution in [1.82, 2.24) is 46.6 Å². The number of aromatic nitrogens is 2. The molecule has 0 radical (unpaired) electrons. The summed E-state index contributed by atoms with van der Waals surface area (Å²) in [5, 5.41) is 101. The molecule has 0 unspecified atom stereocenters. The lowest BCUT2D eigenvalue weighted by molar-refractivity contribution is -0.147. The Balaban J connectivity index is 1.06. The Morgan fingerprint density at radius 3 is 1.93 bits per heavy atom. The van der Waals surface area contributed by atoms with Crippen LogP contribution in [0.3, 0.4) is 0 Å². The van der Waals surface area contributed by atoms with E-state index in [4.69, 9.17) is 20.9 Å². The average molecular weight is 1280 g/mol. The third-order valence-electron chi connectivity index (χ3n) is 16.2. The summed E-state index contributed by atoms with van der Waals surface area (Å²) in [6.45, 7) is 4.15. The Hall–Kier alpha value is -8.19. The first-order chi connectivity index (χ1) is 43.6. The van der Waals surface area contributed by atoms with Crippen molar-refractivity contribution in [1.29, 1.82) is 0 Å². The van der Waals surface area contributed by atoms with Crippen LogP contribution in [0.1, 0.15) is 75.2 Å². The lowest BCUT2D eigenvalue weighted by Crippen LogP contribution is -2.64. The van der Waals surface area contributed by atoms with Gasteiger partial charge in [-0.2, -0.15) is 0 Å². The van der Waals surface area contributed by atoms with Crippen molar-refractivity contribution >= 4 is 52.7 Å². The van der Waals surface area contributed by atoms with Crippen LogP contribution < -0.4 is 47.5 Å². The van der Waals surface area contributed by atoms with E-state index in [0.29, 0.717) is 28.6 Å². The third-order valence-corrected chi connectivity index (χ3v) is 17.2. The van der Waals surface area contributed by atoms with Crippen molar-refractivity contribution in [3.05, 3.63) is 102 Å². The zero-order chi connectivity index (χ0) is 65.6. The number of carbonyl (C=O) groups excluding carboxylic acids is 7. The fraction of sp³-hybridized carbons (Fsp3) is 0.476. The molecule has 27 nitrogen and oxygen atoms in total. The number of fused-ring (bicyclic) bond motifs is 2. The molecule has 28 heteroatoms. The van der Waals surface area contributed by atoms with Gasteiger partial charge < -0.3 is 93.1 Å². The van der Waals surface area contributed by atoms with Crippen molar-refractivity contribution in [2.45, 2.75) is 139 Å². The number of amides is 7. The van der Waals surface area contributed by atoms with E-state index >= 15 is 0 Å². The zero-order valence-corrected chi connectivity index (χ0v) is 51.5. The first kappa shape index (κ1) is 68.7. The fourth-order valence-electron chi connectivity index (χ4n) is 11.0. The second-order valence-corrected chi connectivity index (χ2v) is 24.1. The highest BCUT2D eigenvalue weighted by Gasteiger charge is 2.50. The minimum Gasteiger partial charge on any atom is -0.504 e.